The van der Waals surface area contributed by atoms with Gasteiger partial charge in [0, 0.05) is 34.4 Å². The first-order chi connectivity index (χ1) is 13.8. The molecular formula is C19H19N5O3S2. The molecule has 8 nitrogen and oxygen atoms in total. The van der Waals surface area contributed by atoms with Crippen molar-refractivity contribution < 1.29 is 13.2 Å². The summed E-state index contributed by atoms with van der Waals surface area (Å²) in [6.45, 7) is 3.52. The monoisotopic (exact) mass is 429 g/mol. The number of pyridine rings is 1. The summed E-state index contributed by atoms with van der Waals surface area (Å²) < 4.78 is 27.4. The molecule has 0 atom stereocenters. The minimum atomic E-state index is -3.84. The summed E-state index contributed by atoms with van der Waals surface area (Å²) in [7, 11) is -3.84. The lowest BCUT2D eigenvalue weighted by Gasteiger charge is -2.09. The van der Waals surface area contributed by atoms with Gasteiger partial charge in [-0.1, -0.05) is 0 Å². The van der Waals surface area contributed by atoms with Gasteiger partial charge in [0.05, 0.1) is 10.6 Å². The molecule has 29 heavy (non-hydrogen) atoms. The molecule has 0 aliphatic heterocycles. The Morgan fingerprint density at radius 1 is 1.00 bits per heavy atom. The second-order valence-electron chi connectivity index (χ2n) is 6.12. The Balaban J connectivity index is 1.62. The number of aryl methyl sites for hydroxylation is 2. The number of anilines is 2. The van der Waals surface area contributed by atoms with Gasteiger partial charge in [-0.25, -0.2) is 23.1 Å². The van der Waals surface area contributed by atoms with Gasteiger partial charge in [-0.2, -0.15) is 0 Å². The summed E-state index contributed by atoms with van der Waals surface area (Å²) in [6, 6.07) is 11.3. The van der Waals surface area contributed by atoms with Crippen LogP contribution in [-0.4, -0.2) is 35.0 Å². The molecule has 0 spiro atoms. The first-order valence-electron chi connectivity index (χ1n) is 8.60. The molecule has 2 N–H and O–H groups in total. The van der Waals surface area contributed by atoms with Crippen molar-refractivity contribution in [2.45, 2.75) is 23.6 Å². The summed E-state index contributed by atoms with van der Waals surface area (Å²) in [5, 5.41) is 2.74. The Hall–Kier alpha value is -2.98. The van der Waals surface area contributed by atoms with Crippen LogP contribution >= 0.6 is 11.8 Å². The zero-order chi connectivity index (χ0) is 20.9. The lowest BCUT2D eigenvalue weighted by atomic mass is 10.3. The Kier molecular flexibility index (Phi) is 6.45. The maximum atomic E-state index is 12.5. The van der Waals surface area contributed by atoms with E-state index in [9.17, 15) is 13.2 Å². The third kappa shape index (κ3) is 6.00. The summed E-state index contributed by atoms with van der Waals surface area (Å²) in [5.41, 5.74) is 1.84. The van der Waals surface area contributed by atoms with Gasteiger partial charge >= 0.3 is 0 Å². The number of rotatable bonds is 7. The Morgan fingerprint density at radius 2 is 1.62 bits per heavy atom. The summed E-state index contributed by atoms with van der Waals surface area (Å²) in [6.07, 6.45) is 3.33. The molecule has 2 heterocycles. The van der Waals surface area contributed by atoms with Crippen LogP contribution in [0.15, 0.2) is 64.6 Å². The lowest BCUT2D eigenvalue weighted by Crippen LogP contribution is -2.16. The van der Waals surface area contributed by atoms with E-state index in [2.05, 4.69) is 25.0 Å². The summed E-state index contributed by atoms with van der Waals surface area (Å²) >= 11 is 1.39. The number of carbonyl (C=O) groups is 1. The third-order valence-corrected chi connectivity index (χ3v) is 6.03. The fraction of sp³-hybridized carbons (Fsp3) is 0.158. The highest BCUT2D eigenvalue weighted by Gasteiger charge is 2.16. The van der Waals surface area contributed by atoms with Crippen molar-refractivity contribution in [2.75, 3.05) is 15.8 Å². The van der Waals surface area contributed by atoms with Crippen molar-refractivity contribution in [3.8, 4) is 0 Å². The number of benzene rings is 1. The maximum Gasteiger partial charge on any atom is 0.264 e. The van der Waals surface area contributed by atoms with E-state index in [1.54, 1.807) is 32.3 Å². The fourth-order valence-electron chi connectivity index (χ4n) is 2.45. The largest absolute Gasteiger partial charge is 0.325 e. The molecule has 0 aliphatic rings. The van der Waals surface area contributed by atoms with E-state index in [4.69, 9.17) is 0 Å². The van der Waals surface area contributed by atoms with Crippen LogP contribution in [0.1, 0.15) is 11.4 Å². The predicted molar refractivity (Wildman–Crippen MR) is 112 cm³/mol. The van der Waals surface area contributed by atoms with E-state index in [0.717, 1.165) is 4.90 Å². The molecule has 0 radical (unpaired) electrons. The smallest absolute Gasteiger partial charge is 0.264 e. The third-order valence-electron chi connectivity index (χ3n) is 3.68. The molecule has 0 bridgehead atoms. The van der Waals surface area contributed by atoms with Crippen LogP contribution in [-0.2, 0) is 14.8 Å². The van der Waals surface area contributed by atoms with Crippen molar-refractivity contribution in [1.82, 2.24) is 15.0 Å². The summed E-state index contributed by atoms with van der Waals surface area (Å²) in [5.74, 6) is 0.0626. The molecule has 150 valence electrons. The number of carbonyl (C=O) groups excluding carboxylic acids is 1. The molecule has 0 unspecified atom stereocenters. The van der Waals surface area contributed by atoms with Crippen LogP contribution in [0.2, 0.25) is 0 Å². The molecule has 0 fully saturated rings. The van der Waals surface area contributed by atoms with Gasteiger partial charge in [-0.05, 0) is 56.3 Å². The SMILES string of the molecule is Cc1cc(C)nc(NS(=O)(=O)c2ccc(NC(=O)CSc3ccncc3)cc2)n1. The van der Waals surface area contributed by atoms with Crippen LogP contribution in [0.3, 0.4) is 0 Å². The number of thioether (sulfide) groups is 1. The van der Waals surface area contributed by atoms with E-state index in [1.807, 2.05) is 12.1 Å². The standard InChI is InChI=1S/C19H19N5O3S2/c1-13-11-14(2)22-19(21-13)24-29(26,27)17-5-3-15(4-6-17)23-18(25)12-28-16-7-9-20-10-8-16/h3-11H,12H2,1-2H3,(H,23,25)(H,21,22,24). The number of sulfonamides is 1. The Bertz CT molecular complexity index is 1080. The van der Waals surface area contributed by atoms with Crippen LogP contribution in [0.25, 0.3) is 0 Å². The second-order valence-corrected chi connectivity index (χ2v) is 8.86. The molecule has 0 saturated heterocycles. The average molecular weight is 430 g/mol. The van der Waals surface area contributed by atoms with Crippen LogP contribution < -0.4 is 10.0 Å². The van der Waals surface area contributed by atoms with E-state index in [0.29, 0.717) is 17.1 Å². The molecule has 1 amide bonds. The van der Waals surface area contributed by atoms with Crippen molar-refractivity contribution in [1.29, 1.82) is 0 Å². The fourth-order valence-corrected chi connectivity index (χ4v) is 4.08. The van der Waals surface area contributed by atoms with Gasteiger partial charge < -0.3 is 5.32 Å². The van der Waals surface area contributed by atoms with E-state index in [-0.39, 0.29) is 22.5 Å². The number of hydrogen-bond acceptors (Lipinski definition) is 7. The highest BCUT2D eigenvalue weighted by Crippen LogP contribution is 2.19. The Morgan fingerprint density at radius 3 is 2.24 bits per heavy atom. The van der Waals surface area contributed by atoms with Crippen LogP contribution in [0.4, 0.5) is 11.6 Å². The van der Waals surface area contributed by atoms with Gasteiger partial charge in [0.1, 0.15) is 0 Å². The average Bonchev–Trinajstić information content (AvgIpc) is 2.66. The minimum absolute atomic E-state index is 0.0213. The molecule has 3 rings (SSSR count). The number of nitrogens with zero attached hydrogens (tertiary/aromatic N) is 3. The molecule has 0 aliphatic carbocycles. The molecule has 3 aromatic rings. The topological polar surface area (TPSA) is 114 Å². The molecule has 0 saturated carbocycles. The van der Waals surface area contributed by atoms with Gasteiger partial charge in [0.2, 0.25) is 11.9 Å². The number of nitrogens with one attached hydrogen (secondary N) is 2. The highest BCUT2D eigenvalue weighted by molar-refractivity contribution is 8.00. The molecular weight excluding hydrogens is 410 g/mol. The van der Waals surface area contributed by atoms with E-state index >= 15 is 0 Å². The second kappa shape index (κ2) is 9.01. The number of amides is 1. The van der Waals surface area contributed by atoms with Crippen molar-refractivity contribution in [3.63, 3.8) is 0 Å². The van der Waals surface area contributed by atoms with Gasteiger partial charge in [-0.15, -0.1) is 11.8 Å². The van der Waals surface area contributed by atoms with E-state index in [1.165, 1.54) is 36.0 Å². The zero-order valence-corrected chi connectivity index (χ0v) is 17.4. The first kappa shape index (κ1) is 20.7. The first-order valence-corrected chi connectivity index (χ1v) is 11.1. The van der Waals surface area contributed by atoms with Crippen molar-refractivity contribution in [3.05, 3.63) is 66.2 Å². The summed E-state index contributed by atoms with van der Waals surface area (Å²) in [4.78, 5) is 25.2. The number of hydrogen-bond donors (Lipinski definition) is 2. The highest BCUT2D eigenvalue weighted by atomic mass is 32.2. The normalized spacial score (nSPS) is 11.1. The van der Waals surface area contributed by atoms with E-state index < -0.39 is 10.0 Å². The predicted octanol–water partition coefficient (Wildman–Crippen LogP) is 3.02. The van der Waals surface area contributed by atoms with Crippen molar-refractivity contribution >= 4 is 39.3 Å². The molecule has 2 aromatic heterocycles. The molecule has 10 heteroatoms. The van der Waals surface area contributed by atoms with Gasteiger partial charge in [-0.3, -0.25) is 9.78 Å². The van der Waals surface area contributed by atoms with Gasteiger partial charge in [0.25, 0.3) is 10.0 Å². The maximum absolute atomic E-state index is 12.5. The van der Waals surface area contributed by atoms with Crippen LogP contribution in [0, 0.1) is 13.8 Å². The number of aromatic nitrogens is 3. The molecule has 1 aromatic carbocycles. The Labute approximate surface area is 173 Å². The van der Waals surface area contributed by atoms with Crippen LogP contribution in [0.5, 0.6) is 0 Å². The minimum Gasteiger partial charge on any atom is -0.325 e. The lowest BCUT2D eigenvalue weighted by molar-refractivity contribution is -0.113. The zero-order valence-electron chi connectivity index (χ0n) is 15.8. The quantitative estimate of drug-likeness (QED) is 0.555. The van der Waals surface area contributed by atoms with Crippen molar-refractivity contribution in [2.24, 2.45) is 0 Å². The van der Waals surface area contributed by atoms with Gasteiger partial charge in [0.15, 0.2) is 0 Å².